The molecule has 20 nitrogen and oxygen atoms in total. The Labute approximate surface area is 283 Å². The van der Waals surface area contributed by atoms with Crippen molar-refractivity contribution in [3.8, 4) is 0 Å². The highest BCUT2D eigenvalue weighted by molar-refractivity contribution is 8.40. The third kappa shape index (κ3) is 7.02. The van der Waals surface area contributed by atoms with Gasteiger partial charge in [0.05, 0.1) is 25.9 Å². The zero-order valence-electron chi connectivity index (χ0n) is 24.7. The topological polar surface area (TPSA) is 269 Å². The minimum atomic E-state index is -2.10. The number of aromatic nitrogens is 8. The summed E-state index contributed by atoms with van der Waals surface area (Å²) in [6.45, 7) is -0.0644. The standard InChI is InChI=1S/C24H30N12O8P2S2/c37-5-11-13(33-45(41)47)17(39)23(43-11)35-9-31-15-19(27-7-29-21(15)35)25-3-1-2-4-26-20-16-22(30-8-28-20)36(10-32-16)24-18(40)14(34-46(42)48)12(6-38)44-24/h1-2,7-14,17-18,23-24,37-40H,3-6H2,(H4-2,25,26,27,28,29,30,33,34,41,42,47,48)/p+2. The molecule has 2 fully saturated rings. The number of fused-ring (bicyclic) bond motifs is 2. The van der Waals surface area contributed by atoms with Crippen molar-refractivity contribution in [1.82, 2.24) is 49.2 Å². The molecular formula is C24H32N12O8P2S2+2. The molecule has 6 rings (SSSR count). The largest absolute Gasteiger partial charge is 0.504 e. The number of anilines is 2. The SMILES string of the molecule is O=[P+](S)NC1C(CO)OC(n2cnc3c(NCC=CCNc4ncnc5c4ncn5C4OC(CO)C(N[P+](=O)S)C4O)ncnc32)C1O. The smallest absolute Gasteiger partial charge is 0.394 e. The summed E-state index contributed by atoms with van der Waals surface area (Å²) >= 11 is 7.69. The zero-order chi connectivity index (χ0) is 33.9. The summed E-state index contributed by atoms with van der Waals surface area (Å²) in [5, 5.41) is 52.7. The van der Waals surface area contributed by atoms with E-state index in [1.54, 1.807) is 0 Å². The summed E-state index contributed by atoms with van der Waals surface area (Å²) in [5.41, 5.74) is 1.63. The van der Waals surface area contributed by atoms with Crippen molar-refractivity contribution in [1.29, 1.82) is 0 Å². The third-order valence-electron chi connectivity index (χ3n) is 7.84. The molecule has 0 radical (unpaired) electrons. The molecule has 0 aromatic carbocycles. The summed E-state index contributed by atoms with van der Waals surface area (Å²) in [5.74, 6) is 0.884. The number of hydrogen-bond acceptors (Lipinski definition) is 16. The fourth-order valence-electron chi connectivity index (χ4n) is 5.64. The molecule has 10 atom stereocenters. The molecule has 0 saturated carbocycles. The zero-order valence-corrected chi connectivity index (χ0v) is 28.3. The number of imidazole rings is 2. The Balaban J connectivity index is 1.07. The van der Waals surface area contributed by atoms with Gasteiger partial charge < -0.3 is 40.5 Å². The van der Waals surface area contributed by atoms with Crippen molar-refractivity contribution in [3.63, 3.8) is 0 Å². The molecule has 4 aromatic heterocycles. The first-order valence-corrected chi connectivity index (χ1v) is 19.3. The molecule has 0 bridgehead atoms. The van der Waals surface area contributed by atoms with Crippen LogP contribution in [-0.4, -0.2) is 122 Å². The van der Waals surface area contributed by atoms with Gasteiger partial charge in [0.15, 0.2) is 46.4 Å². The van der Waals surface area contributed by atoms with Crippen LogP contribution in [0.3, 0.4) is 0 Å². The highest BCUT2D eigenvalue weighted by Crippen LogP contribution is 2.37. The van der Waals surface area contributed by atoms with E-state index in [-0.39, 0.29) is 0 Å². The summed E-state index contributed by atoms with van der Waals surface area (Å²) in [7, 11) is -4.20. The second kappa shape index (κ2) is 15.3. The van der Waals surface area contributed by atoms with Crippen molar-refractivity contribution < 1.29 is 39.0 Å². The van der Waals surface area contributed by atoms with Gasteiger partial charge in [-0.3, -0.25) is 9.13 Å². The lowest BCUT2D eigenvalue weighted by Gasteiger charge is -2.17. The molecule has 0 spiro atoms. The van der Waals surface area contributed by atoms with E-state index in [9.17, 15) is 29.6 Å². The molecule has 0 amide bonds. The molecule has 8 N–H and O–H groups in total. The van der Waals surface area contributed by atoms with E-state index >= 15 is 0 Å². The van der Waals surface area contributed by atoms with Gasteiger partial charge in [0.1, 0.15) is 73.7 Å². The molecule has 24 heteroatoms. The molecule has 6 heterocycles. The summed E-state index contributed by atoms with van der Waals surface area (Å²) in [6, 6.07) is -1.63. The number of hydrogen-bond donors (Lipinski definition) is 10. The van der Waals surface area contributed by atoms with Crippen LogP contribution in [0.25, 0.3) is 22.3 Å². The van der Waals surface area contributed by atoms with Gasteiger partial charge in [-0.2, -0.15) is 0 Å². The molecule has 2 saturated heterocycles. The monoisotopic (exact) mass is 742 g/mol. The van der Waals surface area contributed by atoms with E-state index in [0.717, 1.165) is 0 Å². The van der Waals surface area contributed by atoms with E-state index in [2.05, 4.69) is 75.2 Å². The van der Waals surface area contributed by atoms with Crippen molar-refractivity contribution >= 4 is 72.8 Å². The first-order valence-electron chi connectivity index (χ1n) is 14.4. The van der Waals surface area contributed by atoms with Crippen LogP contribution in [0.4, 0.5) is 11.6 Å². The summed E-state index contributed by atoms with van der Waals surface area (Å²) in [4.78, 5) is 25.9. The Morgan fingerprint density at radius 1 is 0.729 bits per heavy atom. The molecule has 2 aliphatic heterocycles. The minimum Gasteiger partial charge on any atom is -0.394 e. The molecule has 4 aromatic rings. The number of aliphatic hydroxyl groups excluding tert-OH is 4. The lowest BCUT2D eigenvalue weighted by Crippen LogP contribution is -2.42. The maximum absolute atomic E-state index is 11.6. The van der Waals surface area contributed by atoms with Gasteiger partial charge in [-0.1, -0.05) is 22.3 Å². The predicted octanol–water partition coefficient (Wildman–Crippen LogP) is -0.362. The van der Waals surface area contributed by atoms with E-state index in [1.165, 1.54) is 34.4 Å². The highest BCUT2D eigenvalue weighted by Gasteiger charge is 2.49. The van der Waals surface area contributed by atoms with Crippen molar-refractivity contribution in [3.05, 3.63) is 37.5 Å². The average molecular weight is 743 g/mol. The van der Waals surface area contributed by atoms with E-state index in [1.807, 2.05) is 12.2 Å². The number of ether oxygens (including phenoxy) is 2. The highest BCUT2D eigenvalue weighted by atomic mass is 32.7. The van der Waals surface area contributed by atoms with Crippen LogP contribution in [0.15, 0.2) is 37.5 Å². The van der Waals surface area contributed by atoms with Crippen LogP contribution in [0.2, 0.25) is 0 Å². The first-order chi connectivity index (χ1) is 23.2. The first kappa shape index (κ1) is 34.9. The van der Waals surface area contributed by atoms with E-state index < -0.39 is 76.5 Å². The summed E-state index contributed by atoms with van der Waals surface area (Å²) < 4.78 is 37.9. The fourth-order valence-corrected chi connectivity index (χ4v) is 7.59. The Morgan fingerprint density at radius 2 is 1.15 bits per heavy atom. The Morgan fingerprint density at radius 3 is 1.52 bits per heavy atom. The summed E-state index contributed by atoms with van der Waals surface area (Å²) in [6.07, 6.45) is 3.42. The molecule has 2 aliphatic rings. The average Bonchev–Trinajstić information content (AvgIpc) is 3.83. The third-order valence-corrected chi connectivity index (χ3v) is 9.57. The number of rotatable bonds is 14. The van der Waals surface area contributed by atoms with Crippen molar-refractivity contribution in [2.75, 3.05) is 36.9 Å². The quantitative estimate of drug-likeness (QED) is 0.0449. The molecule has 256 valence electrons. The second-order valence-electron chi connectivity index (χ2n) is 10.7. The van der Waals surface area contributed by atoms with Crippen LogP contribution >= 0.6 is 38.8 Å². The van der Waals surface area contributed by atoms with Crippen molar-refractivity contribution in [2.24, 2.45) is 0 Å². The number of nitrogens with one attached hydrogen (secondary N) is 4. The Kier molecular flexibility index (Phi) is 11.1. The normalized spacial score (nSPS) is 28.1. The predicted molar refractivity (Wildman–Crippen MR) is 178 cm³/mol. The molecule has 48 heavy (non-hydrogen) atoms. The van der Waals surface area contributed by atoms with Crippen LogP contribution in [0.1, 0.15) is 12.5 Å². The minimum absolute atomic E-state index is 0.376. The Bertz CT molecular complexity index is 1690. The van der Waals surface area contributed by atoms with Crippen molar-refractivity contribution in [2.45, 2.75) is 49.0 Å². The van der Waals surface area contributed by atoms with Crippen LogP contribution < -0.4 is 20.8 Å². The van der Waals surface area contributed by atoms with Gasteiger partial charge in [-0.25, -0.2) is 29.9 Å². The van der Waals surface area contributed by atoms with E-state index in [4.69, 9.17) is 9.47 Å². The molecular weight excluding hydrogens is 710 g/mol. The van der Waals surface area contributed by atoms with Crippen LogP contribution in [0.5, 0.6) is 0 Å². The maximum atomic E-state index is 11.6. The van der Waals surface area contributed by atoms with E-state index in [0.29, 0.717) is 47.1 Å². The fraction of sp³-hybridized carbons (Fsp3) is 0.500. The molecule has 0 aliphatic carbocycles. The number of aliphatic hydroxyl groups is 4. The Hall–Kier alpha value is -2.98. The van der Waals surface area contributed by atoms with Crippen LogP contribution in [-0.2, 0) is 18.6 Å². The van der Waals surface area contributed by atoms with Crippen LogP contribution in [0, 0.1) is 0 Å². The van der Waals surface area contributed by atoms with Gasteiger partial charge in [-0.05, 0) is 9.13 Å². The number of nitrogens with zero attached hydrogens (tertiary/aromatic N) is 8. The number of thiol groups is 2. The lowest BCUT2D eigenvalue weighted by molar-refractivity contribution is -0.0489. The van der Waals surface area contributed by atoms with Gasteiger partial charge in [-0.15, -0.1) is 0 Å². The lowest BCUT2D eigenvalue weighted by atomic mass is 10.1. The van der Waals surface area contributed by atoms with Gasteiger partial charge in [0, 0.05) is 13.1 Å². The van der Waals surface area contributed by atoms with Gasteiger partial charge >= 0.3 is 14.3 Å². The maximum Gasteiger partial charge on any atom is 0.504 e. The molecule has 10 unspecified atom stereocenters. The second-order valence-corrected chi connectivity index (χ2v) is 14.4. The van der Waals surface area contributed by atoms with Gasteiger partial charge in [0.2, 0.25) is 0 Å². The van der Waals surface area contributed by atoms with Gasteiger partial charge in [0.25, 0.3) is 0 Å².